The SMILES string of the molecule is CC(C)(C)OC(=O)N[C@H]1CCCCN(C(=O)COc2ccccc2)C1=O. The van der Waals surface area contributed by atoms with Gasteiger partial charge in [0.05, 0.1) is 0 Å². The number of hydrogen-bond donors (Lipinski definition) is 1. The largest absolute Gasteiger partial charge is 0.484 e. The predicted octanol–water partition coefficient (Wildman–Crippen LogP) is 2.50. The molecule has 1 atom stereocenters. The fourth-order valence-corrected chi connectivity index (χ4v) is 2.61. The number of carbonyl (C=O) groups excluding carboxylic acids is 3. The molecule has 1 aliphatic rings. The third kappa shape index (κ3) is 6.06. The molecule has 0 spiro atoms. The molecular weight excluding hydrogens is 336 g/mol. The minimum atomic E-state index is -0.770. The molecule has 1 heterocycles. The third-order valence-electron chi connectivity index (χ3n) is 3.79. The van der Waals surface area contributed by atoms with Crippen LogP contribution in [0, 0.1) is 0 Å². The molecule has 7 heteroatoms. The Balaban J connectivity index is 1.96. The summed E-state index contributed by atoms with van der Waals surface area (Å²) >= 11 is 0. The van der Waals surface area contributed by atoms with Gasteiger partial charge in [-0.05, 0) is 52.2 Å². The number of benzene rings is 1. The highest BCUT2D eigenvalue weighted by Gasteiger charge is 2.33. The summed E-state index contributed by atoms with van der Waals surface area (Å²) in [6.45, 7) is 5.34. The molecule has 3 amide bonds. The van der Waals surface area contributed by atoms with Gasteiger partial charge in [0.1, 0.15) is 17.4 Å². The van der Waals surface area contributed by atoms with E-state index in [1.807, 2.05) is 6.07 Å². The first-order valence-electron chi connectivity index (χ1n) is 8.78. The first-order chi connectivity index (χ1) is 12.3. The molecule has 0 aliphatic carbocycles. The van der Waals surface area contributed by atoms with Crippen LogP contribution in [0.4, 0.5) is 4.79 Å². The van der Waals surface area contributed by atoms with Crippen molar-refractivity contribution in [3.8, 4) is 5.75 Å². The minimum Gasteiger partial charge on any atom is -0.484 e. The molecule has 1 saturated heterocycles. The van der Waals surface area contributed by atoms with Gasteiger partial charge in [-0.1, -0.05) is 18.2 Å². The normalized spacial score (nSPS) is 18.0. The van der Waals surface area contributed by atoms with E-state index in [9.17, 15) is 14.4 Å². The third-order valence-corrected chi connectivity index (χ3v) is 3.79. The molecule has 0 unspecified atom stereocenters. The maximum atomic E-state index is 12.7. The quantitative estimate of drug-likeness (QED) is 0.889. The summed E-state index contributed by atoms with van der Waals surface area (Å²) in [5.41, 5.74) is -0.656. The number of carbonyl (C=O) groups is 3. The van der Waals surface area contributed by atoms with E-state index in [4.69, 9.17) is 9.47 Å². The van der Waals surface area contributed by atoms with E-state index in [0.29, 0.717) is 25.1 Å². The number of ether oxygens (including phenoxy) is 2. The second-order valence-corrected chi connectivity index (χ2v) is 7.18. The zero-order valence-electron chi connectivity index (χ0n) is 15.5. The molecule has 2 rings (SSSR count). The highest BCUT2D eigenvalue weighted by atomic mass is 16.6. The van der Waals surface area contributed by atoms with Gasteiger partial charge in [-0.2, -0.15) is 0 Å². The van der Waals surface area contributed by atoms with E-state index in [1.54, 1.807) is 45.0 Å². The average molecular weight is 362 g/mol. The Morgan fingerprint density at radius 3 is 2.54 bits per heavy atom. The van der Waals surface area contributed by atoms with Crippen molar-refractivity contribution >= 4 is 17.9 Å². The molecule has 1 aliphatic heterocycles. The second-order valence-electron chi connectivity index (χ2n) is 7.18. The number of likely N-dealkylation sites (tertiary alicyclic amines) is 1. The number of alkyl carbamates (subject to hydrolysis) is 1. The highest BCUT2D eigenvalue weighted by molar-refractivity contribution is 5.99. The van der Waals surface area contributed by atoms with Crippen molar-refractivity contribution in [1.29, 1.82) is 0 Å². The lowest BCUT2D eigenvalue weighted by Crippen LogP contribution is -2.51. The standard InChI is InChI=1S/C19H26N2O5/c1-19(2,3)26-18(24)20-15-11-7-8-12-21(17(15)23)16(22)13-25-14-9-5-4-6-10-14/h4-6,9-10,15H,7-8,11-13H2,1-3H3,(H,20,24)/t15-/m0/s1. The van der Waals surface area contributed by atoms with Crippen molar-refractivity contribution in [1.82, 2.24) is 10.2 Å². The highest BCUT2D eigenvalue weighted by Crippen LogP contribution is 2.15. The number of rotatable bonds is 4. The fraction of sp³-hybridized carbons (Fsp3) is 0.526. The first-order valence-corrected chi connectivity index (χ1v) is 8.78. The summed E-state index contributed by atoms with van der Waals surface area (Å²) < 4.78 is 10.6. The van der Waals surface area contributed by atoms with Crippen molar-refractivity contribution in [3.63, 3.8) is 0 Å². The van der Waals surface area contributed by atoms with Gasteiger partial charge in [-0.25, -0.2) is 4.79 Å². The van der Waals surface area contributed by atoms with Gasteiger partial charge in [0.15, 0.2) is 6.61 Å². The molecule has 7 nitrogen and oxygen atoms in total. The van der Waals surface area contributed by atoms with Gasteiger partial charge in [0.2, 0.25) is 0 Å². The molecule has 0 radical (unpaired) electrons. The number of hydrogen-bond acceptors (Lipinski definition) is 5. The van der Waals surface area contributed by atoms with Gasteiger partial charge < -0.3 is 14.8 Å². The van der Waals surface area contributed by atoms with Gasteiger partial charge in [0.25, 0.3) is 11.8 Å². The summed E-state index contributed by atoms with van der Waals surface area (Å²) in [6, 6.07) is 8.16. The number of nitrogens with zero attached hydrogens (tertiary/aromatic N) is 1. The van der Waals surface area contributed by atoms with Crippen LogP contribution in [0.1, 0.15) is 40.0 Å². The van der Waals surface area contributed by atoms with Gasteiger partial charge in [-0.3, -0.25) is 14.5 Å². The Labute approximate surface area is 153 Å². The van der Waals surface area contributed by atoms with Crippen molar-refractivity contribution in [2.75, 3.05) is 13.2 Å². The lowest BCUT2D eigenvalue weighted by molar-refractivity contribution is -0.147. The molecule has 0 bridgehead atoms. The van der Waals surface area contributed by atoms with E-state index < -0.39 is 29.6 Å². The smallest absolute Gasteiger partial charge is 0.408 e. The van der Waals surface area contributed by atoms with Crippen LogP contribution in [0.3, 0.4) is 0 Å². The van der Waals surface area contributed by atoms with Crippen LogP contribution in [0.2, 0.25) is 0 Å². The van der Waals surface area contributed by atoms with E-state index in [0.717, 1.165) is 11.3 Å². The summed E-state index contributed by atoms with van der Waals surface area (Å²) in [5.74, 6) is -0.279. The number of amides is 3. The molecule has 1 aromatic carbocycles. The Kier molecular flexibility index (Phi) is 6.60. The van der Waals surface area contributed by atoms with Crippen LogP contribution in [-0.4, -0.2) is 47.6 Å². The maximum Gasteiger partial charge on any atom is 0.408 e. The minimum absolute atomic E-state index is 0.227. The van der Waals surface area contributed by atoms with E-state index >= 15 is 0 Å². The molecule has 0 saturated carbocycles. The molecule has 0 aromatic heterocycles. The molecule has 1 fully saturated rings. The van der Waals surface area contributed by atoms with Crippen molar-refractivity contribution < 1.29 is 23.9 Å². The van der Waals surface area contributed by atoms with E-state index in [2.05, 4.69) is 5.32 Å². The molecule has 1 N–H and O–H groups in total. The van der Waals surface area contributed by atoms with Crippen LogP contribution < -0.4 is 10.1 Å². The Bertz CT molecular complexity index is 639. The summed E-state index contributed by atoms with van der Waals surface area (Å²) in [7, 11) is 0. The number of imide groups is 1. The zero-order valence-corrected chi connectivity index (χ0v) is 15.5. The number of para-hydroxylation sites is 1. The monoisotopic (exact) mass is 362 g/mol. The zero-order chi connectivity index (χ0) is 19.2. The van der Waals surface area contributed by atoms with Gasteiger partial charge >= 0.3 is 6.09 Å². The summed E-state index contributed by atoms with van der Waals surface area (Å²) in [6.07, 6.45) is 1.23. The lowest BCUT2D eigenvalue weighted by Gasteiger charge is -2.25. The maximum absolute atomic E-state index is 12.7. The molecule has 142 valence electrons. The molecule has 1 aromatic rings. The second kappa shape index (κ2) is 8.69. The van der Waals surface area contributed by atoms with Gasteiger partial charge in [0, 0.05) is 6.54 Å². The first kappa shape index (κ1) is 19.8. The Morgan fingerprint density at radius 1 is 1.19 bits per heavy atom. The Morgan fingerprint density at radius 2 is 1.88 bits per heavy atom. The van der Waals surface area contributed by atoms with Gasteiger partial charge in [-0.15, -0.1) is 0 Å². The van der Waals surface area contributed by atoms with E-state index in [1.165, 1.54) is 0 Å². The van der Waals surface area contributed by atoms with Crippen molar-refractivity contribution in [3.05, 3.63) is 30.3 Å². The molecular formula is C19H26N2O5. The Hall–Kier alpha value is -2.57. The van der Waals surface area contributed by atoms with Crippen molar-refractivity contribution in [2.24, 2.45) is 0 Å². The molecule has 26 heavy (non-hydrogen) atoms. The van der Waals surface area contributed by atoms with Crippen molar-refractivity contribution in [2.45, 2.75) is 51.7 Å². The van der Waals surface area contributed by atoms with Crippen LogP contribution >= 0.6 is 0 Å². The lowest BCUT2D eigenvalue weighted by atomic mass is 10.1. The number of nitrogens with one attached hydrogen (secondary N) is 1. The fourth-order valence-electron chi connectivity index (χ4n) is 2.61. The average Bonchev–Trinajstić information content (AvgIpc) is 2.74. The van der Waals surface area contributed by atoms with E-state index in [-0.39, 0.29) is 6.61 Å². The van der Waals surface area contributed by atoms with Crippen LogP contribution in [0.25, 0.3) is 0 Å². The van der Waals surface area contributed by atoms with Crippen LogP contribution in [0.15, 0.2) is 30.3 Å². The van der Waals surface area contributed by atoms with Crippen LogP contribution in [0.5, 0.6) is 5.75 Å². The summed E-state index contributed by atoms with van der Waals surface area (Å²) in [4.78, 5) is 38.2. The topological polar surface area (TPSA) is 84.9 Å². The summed E-state index contributed by atoms with van der Waals surface area (Å²) in [5, 5.41) is 2.58. The predicted molar refractivity (Wildman–Crippen MR) is 95.7 cm³/mol. The van der Waals surface area contributed by atoms with Crippen LogP contribution in [-0.2, 0) is 14.3 Å².